The van der Waals surface area contributed by atoms with Gasteiger partial charge in [-0.2, -0.15) is 0 Å². The molecule has 0 unspecified atom stereocenters. The minimum absolute atomic E-state index is 0.0557. The fourth-order valence-electron chi connectivity index (χ4n) is 2.80. The fourth-order valence-corrected chi connectivity index (χ4v) is 2.80. The summed E-state index contributed by atoms with van der Waals surface area (Å²) in [7, 11) is 0. The Morgan fingerprint density at radius 2 is 1.35 bits per heavy atom. The van der Waals surface area contributed by atoms with E-state index in [2.05, 4.69) is 6.92 Å². The number of hydrogen-bond acceptors (Lipinski definition) is 3. The van der Waals surface area contributed by atoms with Gasteiger partial charge in [0.2, 0.25) is 0 Å². The number of ether oxygens (including phenoxy) is 1. The number of unbranched alkanes of at least 4 members (excludes halogenated alkanes) is 9. The van der Waals surface area contributed by atoms with Gasteiger partial charge in [0, 0.05) is 6.61 Å². The molecule has 0 bridgehead atoms. The highest BCUT2D eigenvalue weighted by molar-refractivity contribution is 5.32. The van der Waals surface area contributed by atoms with Crippen LogP contribution in [0.3, 0.4) is 0 Å². The molecular weight excluding hydrogens is 288 g/mol. The molecule has 1 aromatic rings. The van der Waals surface area contributed by atoms with Crippen molar-refractivity contribution < 1.29 is 14.9 Å². The van der Waals surface area contributed by atoms with Gasteiger partial charge in [-0.05, 0) is 29.7 Å². The first kappa shape index (κ1) is 20.0. The van der Waals surface area contributed by atoms with Crippen LogP contribution in [0.4, 0.5) is 0 Å². The molecule has 0 aromatic heterocycles. The predicted molar refractivity (Wildman–Crippen MR) is 95.5 cm³/mol. The Bertz CT molecular complexity index is 404. The summed E-state index contributed by atoms with van der Waals surface area (Å²) >= 11 is 0. The second kappa shape index (κ2) is 13.4. The maximum absolute atomic E-state index is 9.55. The van der Waals surface area contributed by atoms with E-state index in [0.717, 1.165) is 24.2 Å². The molecule has 2 N–H and O–H groups in total. The van der Waals surface area contributed by atoms with E-state index in [4.69, 9.17) is 9.84 Å². The van der Waals surface area contributed by atoms with Crippen LogP contribution in [0, 0.1) is 0 Å². The molecule has 0 radical (unpaired) electrons. The van der Waals surface area contributed by atoms with Gasteiger partial charge in [-0.25, -0.2) is 0 Å². The van der Waals surface area contributed by atoms with E-state index >= 15 is 0 Å². The van der Waals surface area contributed by atoms with E-state index in [1.807, 2.05) is 6.07 Å². The first-order valence-electron chi connectivity index (χ1n) is 9.26. The molecule has 1 rings (SSSR count). The molecule has 0 saturated heterocycles. The van der Waals surface area contributed by atoms with Gasteiger partial charge in [0.05, 0.1) is 13.2 Å². The highest BCUT2D eigenvalue weighted by atomic mass is 16.5. The topological polar surface area (TPSA) is 49.7 Å². The summed E-state index contributed by atoms with van der Waals surface area (Å²) in [4.78, 5) is 0. The molecule has 3 nitrogen and oxygen atoms in total. The zero-order valence-electron chi connectivity index (χ0n) is 14.7. The van der Waals surface area contributed by atoms with E-state index in [-0.39, 0.29) is 12.4 Å². The van der Waals surface area contributed by atoms with Crippen LogP contribution < -0.4 is 0 Å². The van der Waals surface area contributed by atoms with E-state index in [1.54, 1.807) is 12.1 Å². The average Bonchev–Trinajstić information content (AvgIpc) is 2.55. The summed E-state index contributed by atoms with van der Waals surface area (Å²) in [6, 6.07) is 5.14. The Hall–Kier alpha value is -1.06. The second-order valence-corrected chi connectivity index (χ2v) is 6.40. The van der Waals surface area contributed by atoms with Crippen molar-refractivity contribution in [2.45, 2.75) is 84.3 Å². The van der Waals surface area contributed by atoms with Crippen molar-refractivity contribution in [3.63, 3.8) is 0 Å². The normalized spacial score (nSPS) is 11.0. The zero-order valence-corrected chi connectivity index (χ0v) is 14.7. The smallest absolute Gasteiger partial charge is 0.116 e. The number of phenols is 1. The van der Waals surface area contributed by atoms with E-state index in [9.17, 15) is 5.11 Å². The average molecular weight is 322 g/mol. The third-order valence-electron chi connectivity index (χ3n) is 4.13. The van der Waals surface area contributed by atoms with Crippen LogP contribution in [-0.4, -0.2) is 16.8 Å². The van der Waals surface area contributed by atoms with Gasteiger partial charge in [0.25, 0.3) is 0 Å². The van der Waals surface area contributed by atoms with Crippen molar-refractivity contribution in [2.75, 3.05) is 6.61 Å². The van der Waals surface area contributed by atoms with Gasteiger partial charge in [0.15, 0.2) is 0 Å². The molecular formula is C20H34O3. The molecule has 23 heavy (non-hydrogen) atoms. The van der Waals surface area contributed by atoms with Crippen LogP contribution in [0.5, 0.6) is 5.75 Å². The summed E-state index contributed by atoms with van der Waals surface area (Å²) in [6.45, 7) is 3.47. The van der Waals surface area contributed by atoms with Crippen LogP contribution >= 0.6 is 0 Å². The van der Waals surface area contributed by atoms with Crippen molar-refractivity contribution in [1.29, 1.82) is 0 Å². The minimum Gasteiger partial charge on any atom is -0.508 e. The maximum atomic E-state index is 9.55. The number of benzene rings is 1. The molecule has 132 valence electrons. The monoisotopic (exact) mass is 322 g/mol. The summed E-state index contributed by atoms with van der Waals surface area (Å²) < 4.78 is 5.65. The SMILES string of the molecule is CCCCCCCCCCCCOCc1cc(O)cc(CO)c1. The highest BCUT2D eigenvalue weighted by Crippen LogP contribution is 2.17. The summed E-state index contributed by atoms with van der Waals surface area (Å²) in [5.74, 6) is 0.189. The Kier molecular flexibility index (Phi) is 11.6. The third kappa shape index (κ3) is 10.4. The lowest BCUT2D eigenvalue weighted by Crippen LogP contribution is -1.97. The molecule has 0 atom stereocenters. The van der Waals surface area contributed by atoms with Crippen LogP contribution in [0.1, 0.15) is 82.3 Å². The standard InChI is InChI=1S/C20H34O3/c1-2-3-4-5-6-7-8-9-10-11-12-23-17-19-13-18(16-21)14-20(22)15-19/h13-15,21-22H,2-12,16-17H2,1H3. The lowest BCUT2D eigenvalue weighted by Gasteiger charge is -2.07. The molecule has 0 spiro atoms. The first-order chi connectivity index (χ1) is 11.3. The molecule has 1 aromatic carbocycles. The molecule has 0 saturated carbocycles. The number of phenolic OH excluding ortho intramolecular Hbond substituents is 1. The fraction of sp³-hybridized carbons (Fsp3) is 0.700. The maximum Gasteiger partial charge on any atom is 0.116 e. The number of rotatable bonds is 14. The molecule has 0 amide bonds. The van der Waals surface area contributed by atoms with Gasteiger partial charge < -0.3 is 14.9 Å². The van der Waals surface area contributed by atoms with Crippen LogP contribution in [0.15, 0.2) is 18.2 Å². The van der Waals surface area contributed by atoms with E-state index in [1.165, 1.54) is 57.8 Å². The summed E-state index contributed by atoms with van der Waals surface area (Å²) in [5.41, 5.74) is 1.64. The van der Waals surface area contributed by atoms with Gasteiger partial charge in [-0.1, -0.05) is 70.8 Å². The zero-order chi connectivity index (χ0) is 16.8. The molecule has 3 heteroatoms. The third-order valence-corrected chi connectivity index (χ3v) is 4.13. The molecule has 0 aliphatic carbocycles. The number of aliphatic hydroxyl groups excluding tert-OH is 1. The number of hydrogen-bond donors (Lipinski definition) is 2. The quantitative estimate of drug-likeness (QED) is 0.456. The van der Waals surface area contributed by atoms with Gasteiger partial charge in [0.1, 0.15) is 5.75 Å². The van der Waals surface area contributed by atoms with Gasteiger partial charge >= 0.3 is 0 Å². The molecule has 0 aliphatic heterocycles. The van der Waals surface area contributed by atoms with Crippen molar-refractivity contribution in [2.24, 2.45) is 0 Å². The number of aromatic hydroxyl groups is 1. The van der Waals surface area contributed by atoms with Crippen molar-refractivity contribution in [3.8, 4) is 5.75 Å². The largest absolute Gasteiger partial charge is 0.508 e. The van der Waals surface area contributed by atoms with Gasteiger partial charge in [-0.3, -0.25) is 0 Å². The van der Waals surface area contributed by atoms with E-state index < -0.39 is 0 Å². The lowest BCUT2D eigenvalue weighted by molar-refractivity contribution is 0.116. The van der Waals surface area contributed by atoms with Crippen LogP contribution in [0.25, 0.3) is 0 Å². The first-order valence-corrected chi connectivity index (χ1v) is 9.26. The highest BCUT2D eigenvalue weighted by Gasteiger charge is 2.00. The molecule has 0 aliphatic rings. The summed E-state index contributed by atoms with van der Waals surface area (Å²) in [6.07, 6.45) is 13.3. The molecule has 0 fully saturated rings. The Labute approximate surface area is 141 Å². The number of aliphatic hydroxyl groups is 1. The van der Waals surface area contributed by atoms with Gasteiger partial charge in [-0.15, -0.1) is 0 Å². The minimum atomic E-state index is -0.0557. The van der Waals surface area contributed by atoms with Crippen molar-refractivity contribution in [1.82, 2.24) is 0 Å². The predicted octanol–water partition coefficient (Wildman–Crippen LogP) is 5.32. The second-order valence-electron chi connectivity index (χ2n) is 6.40. The molecule has 0 heterocycles. The van der Waals surface area contributed by atoms with Crippen LogP contribution in [-0.2, 0) is 18.0 Å². The Morgan fingerprint density at radius 1 is 0.783 bits per heavy atom. The Morgan fingerprint density at radius 3 is 1.96 bits per heavy atom. The van der Waals surface area contributed by atoms with Crippen molar-refractivity contribution >= 4 is 0 Å². The lowest BCUT2D eigenvalue weighted by atomic mass is 10.1. The van der Waals surface area contributed by atoms with Crippen molar-refractivity contribution in [3.05, 3.63) is 29.3 Å². The Balaban J connectivity index is 1.94. The summed E-state index contributed by atoms with van der Waals surface area (Å²) in [5, 5.41) is 18.7. The van der Waals surface area contributed by atoms with Crippen LogP contribution in [0.2, 0.25) is 0 Å². The van der Waals surface area contributed by atoms with E-state index in [0.29, 0.717) is 6.61 Å².